The summed E-state index contributed by atoms with van der Waals surface area (Å²) >= 11 is 0. The molecule has 26 heavy (non-hydrogen) atoms. The monoisotopic (exact) mass is 374 g/mol. The van der Waals surface area contributed by atoms with Crippen LogP contribution in [0.3, 0.4) is 0 Å². The molecular weight excluding hydrogens is 336 g/mol. The third-order valence-electron chi connectivity index (χ3n) is 4.21. The molecular formula is C20H38O6. The molecule has 0 radical (unpaired) electrons. The van der Waals surface area contributed by atoms with Gasteiger partial charge in [0.15, 0.2) is 0 Å². The predicted molar refractivity (Wildman–Crippen MR) is 101 cm³/mol. The van der Waals surface area contributed by atoms with Crippen molar-refractivity contribution in [3.63, 3.8) is 0 Å². The van der Waals surface area contributed by atoms with Gasteiger partial charge in [-0.1, -0.05) is 0 Å². The Balaban J connectivity index is 3.63. The van der Waals surface area contributed by atoms with Gasteiger partial charge in [0.1, 0.15) is 0 Å². The second kappa shape index (κ2) is 13.1. The van der Waals surface area contributed by atoms with E-state index in [9.17, 15) is 9.59 Å². The molecule has 0 rings (SSSR count). The van der Waals surface area contributed by atoms with Crippen molar-refractivity contribution >= 4 is 11.9 Å². The third kappa shape index (κ3) is 10.8. The van der Waals surface area contributed by atoms with E-state index in [4.69, 9.17) is 18.9 Å². The molecule has 0 aliphatic carbocycles. The van der Waals surface area contributed by atoms with Gasteiger partial charge in [0.2, 0.25) is 0 Å². The summed E-state index contributed by atoms with van der Waals surface area (Å²) in [6.45, 7) is 14.3. The van der Waals surface area contributed by atoms with Gasteiger partial charge in [-0.05, 0) is 67.2 Å². The van der Waals surface area contributed by atoms with E-state index in [0.29, 0.717) is 39.6 Å². The molecule has 0 aromatic heterocycles. The topological polar surface area (TPSA) is 71.1 Å². The second-order valence-electron chi connectivity index (χ2n) is 7.64. The highest BCUT2D eigenvalue weighted by molar-refractivity contribution is 5.76. The summed E-state index contributed by atoms with van der Waals surface area (Å²) in [6, 6.07) is 0. The summed E-state index contributed by atoms with van der Waals surface area (Å²) in [7, 11) is 0. The van der Waals surface area contributed by atoms with Gasteiger partial charge in [0.25, 0.3) is 0 Å². The quantitative estimate of drug-likeness (QED) is 0.321. The molecule has 0 saturated carbocycles. The van der Waals surface area contributed by atoms with Crippen LogP contribution in [0.1, 0.15) is 67.2 Å². The Labute approximate surface area is 158 Å². The van der Waals surface area contributed by atoms with Crippen LogP contribution in [0.2, 0.25) is 0 Å². The number of carbonyl (C=O) groups excluding carboxylic acids is 2. The molecule has 0 aromatic carbocycles. The van der Waals surface area contributed by atoms with Crippen LogP contribution >= 0.6 is 0 Å². The Bertz CT molecular complexity index is 365. The fourth-order valence-electron chi connectivity index (χ4n) is 2.41. The smallest absolute Gasteiger partial charge is 0.311 e. The second-order valence-corrected chi connectivity index (χ2v) is 7.64. The van der Waals surface area contributed by atoms with Crippen LogP contribution < -0.4 is 0 Å². The molecule has 0 unspecified atom stereocenters. The largest absolute Gasteiger partial charge is 0.466 e. The van der Waals surface area contributed by atoms with Gasteiger partial charge in [-0.2, -0.15) is 0 Å². The van der Waals surface area contributed by atoms with Crippen LogP contribution in [0, 0.1) is 10.8 Å². The van der Waals surface area contributed by atoms with E-state index in [1.807, 2.05) is 41.5 Å². The molecule has 0 amide bonds. The van der Waals surface area contributed by atoms with Crippen molar-refractivity contribution in [1.82, 2.24) is 0 Å². The van der Waals surface area contributed by atoms with Crippen LogP contribution in [0.15, 0.2) is 0 Å². The Kier molecular flexibility index (Phi) is 12.5. The van der Waals surface area contributed by atoms with Gasteiger partial charge in [0, 0.05) is 13.2 Å². The van der Waals surface area contributed by atoms with E-state index in [1.165, 1.54) is 0 Å². The highest BCUT2D eigenvalue weighted by atomic mass is 16.5. The van der Waals surface area contributed by atoms with E-state index in [0.717, 1.165) is 25.7 Å². The zero-order chi connectivity index (χ0) is 20.1. The molecule has 6 nitrogen and oxygen atoms in total. The van der Waals surface area contributed by atoms with E-state index >= 15 is 0 Å². The van der Waals surface area contributed by atoms with Crippen molar-refractivity contribution in [3.05, 3.63) is 0 Å². The summed E-state index contributed by atoms with van der Waals surface area (Å²) in [5.41, 5.74) is -0.941. The van der Waals surface area contributed by atoms with E-state index in [1.54, 1.807) is 0 Å². The van der Waals surface area contributed by atoms with Gasteiger partial charge < -0.3 is 18.9 Å². The maximum absolute atomic E-state index is 11.8. The Morgan fingerprint density at radius 2 is 1.00 bits per heavy atom. The molecule has 0 spiro atoms. The Hall–Kier alpha value is -1.14. The SMILES string of the molecule is CCOC(=O)C(C)(C)CCCOCCOCCCC(C)(C)C(=O)OCC. The first-order valence-corrected chi connectivity index (χ1v) is 9.67. The lowest BCUT2D eigenvalue weighted by molar-refractivity contribution is -0.154. The van der Waals surface area contributed by atoms with Gasteiger partial charge in [-0.15, -0.1) is 0 Å². The highest BCUT2D eigenvalue weighted by Gasteiger charge is 2.29. The first-order valence-electron chi connectivity index (χ1n) is 9.67. The maximum atomic E-state index is 11.8. The van der Waals surface area contributed by atoms with Crippen LogP contribution in [0.5, 0.6) is 0 Å². The minimum absolute atomic E-state index is 0.158. The summed E-state index contributed by atoms with van der Waals surface area (Å²) in [5, 5.41) is 0. The first-order chi connectivity index (χ1) is 12.2. The lowest BCUT2D eigenvalue weighted by Crippen LogP contribution is -2.27. The van der Waals surface area contributed by atoms with Gasteiger partial charge in [-0.3, -0.25) is 9.59 Å². The molecule has 0 aromatic rings. The average molecular weight is 375 g/mol. The Morgan fingerprint density at radius 3 is 1.31 bits per heavy atom. The molecule has 6 heteroatoms. The molecule has 0 heterocycles. The zero-order valence-electron chi connectivity index (χ0n) is 17.5. The van der Waals surface area contributed by atoms with Gasteiger partial charge in [0.05, 0.1) is 37.3 Å². The molecule has 0 bridgehead atoms. The van der Waals surface area contributed by atoms with Crippen molar-refractivity contribution in [2.45, 2.75) is 67.2 Å². The predicted octanol–water partition coefficient (Wildman–Crippen LogP) is 3.76. The Morgan fingerprint density at radius 1 is 0.654 bits per heavy atom. The number of rotatable bonds is 15. The zero-order valence-corrected chi connectivity index (χ0v) is 17.5. The standard InChI is InChI=1S/C20H38O6/c1-7-25-17(21)19(3,4)11-9-13-23-15-16-24-14-10-12-20(5,6)18(22)26-8-2/h7-16H2,1-6H3. The number of hydrogen-bond donors (Lipinski definition) is 0. The number of ether oxygens (including phenoxy) is 4. The number of esters is 2. The van der Waals surface area contributed by atoms with E-state index in [2.05, 4.69) is 0 Å². The molecule has 0 aliphatic rings. The maximum Gasteiger partial charge on any atom is 0.311 e. The van der Waals surface area contributed by atoms with Crippen LogP contribution in [-0.4, -0.2) is 51.6 Å². The molecule has 0 aliphatic heterocycles. The molecule has 0 atom stereocenters. The lowest BCUT2D eigenvalue weighted by atomic mass is 9.88. The molecule has 0 N–H and O–H groups in total. The molecule has 0 fully saturated rings. The van der Waals surface area contributed by atoms with E-state index in [-0.39, 0.29) is 11.9 Å². The third-order valence-corrected chi connectivity index (χ3v) is 4.21. The normalized spacial score (nSPS) is 12.1. The van der Waals surface area contributed by atoms with Crippen molar-refractivity contribution < 1.29 is 28.5 Å². The van der Waals surface area contributed by atoms with Gasteiger partial charge in [-0.25, -0.2) is 0 Å². The highest BCUT2D eigenvalue weighted by Crippen LogP contribution is 2.25. The first kappa shape index (κ1) is 24.9. The van der Waals surface area contributed by atoms with Crippen molar-refractivity contribution in [3.8, 4) is 0 Å². The number of carbonyl (C=O) groups is 2. The summed E-state index contributed by atoms with van der Waals surface area (Å²) < 4.78 is 21.2. The lowest BCUT2D eigenvalue weighted by Gasteiger charge is -2.22. The fourth-order valence-corrected chi connectivity index (χ4v) is 2.41. The van der Waals surface area contributed by atoms with Crippen molar-refractivity contribution in [2.24, 2.45) is 10.8 Å². The van der Waals surface area contributed by atoms with Gasteiger partial charge >= 0.3 is 11.9 Å². The summed E-state index contributed by atoms with van der Waals surface area (Å²) in [4.78, 5) is 23.5. The fraction of sp³-hybridized carbons (Fsp3) is 0.900. The van der Waals surface area contributed by atoms with Crippen LogP contribution in [0.25, 0.3) is 0 Å². The molecule has 154 valence electrons. The minimum Gasteiger partial charge on any atom is -0.466 e. The van der Waals surface area contributed by atoms with Crippen molar-refractivity contribution in [1.29, 1.82) is 0 Å². The minimum atomic E-state index is -0.471. The van der Waals surface area contributed by atoms with Crippen LogP contribution in [-0.2, 0) is 28.5 Å². The van der Waals surface area contributed by atoms with Crippen LogP contribution in [0.4, 0.5) is 0 Å². The summed E-state index contributed by atoms with van der Waals surface area (Å²) in [5.74, 6) is -0.317. The summed E-state index contributed by atoms with van der Waals surface area (Å²) in [6.07, 6.45) is 3.07. The number of hydrogen-bond acceptors (Lipinski definition) is 6. The van der Waals surface area contributed by atoms with Crippen molar-refractivity contribution in [2.75, 3.05) is 39.6 Å². The average Bonchev–Trinajstić information content (AvgIpc) is 2.56. The van der Waals surface area contributed by atoms with E-state index < -0.39 is 10.8 Å². The molecule has 0 saturated heterocycles.